The number of likely N-dealkylation sites (tertiary alicyclic amines) is 1. The van der Waals surface area contributed by atoms with Crippen LogP contribution >= 0.6 is 23.2 Å². The second-order valence-corrected chi connectivity index (χ2v) is 9.76. The summed E-state index contributed by atoms with van der Waals surface area (Å²) in [5.41, 5.74) is -2.18. The third kappa shape index (κ3) is 5.16. The number of aliphatic hydroxyl groups excluding tert-OH is 2. The van der Waals surface area contributed by atoms with Crippen LogP contribution in [-0.2, 0) is 15.0 Å². The van der Waals surface area contributed by atoms with Crippen LogP contribution in [0.4, 0.5) is 8.78 Å². The quantitative estimate of drug-likeness (QED) is 0.461. The molecule has 3 rings (SSSR count). The molecule has 0 saturated carbocycles. The molecule has 0 spiro atoms. The minimum absolute atomic E-state index is 0.0115. The Balaban J connectivity index is 2.30. The van der Waals surface area contributed by atoms with Gasteiger partial charge in [-0.1, -0.05) is 48.3 Å². The Morgan fingerprint density at radius 2 is 1.97 bits per heavy atom. The summed E-state index contributed by atoms with van der Waals surface area (Å²) in [6.07, 6.45) is -1.11. The van der Waals surface area contributed by atoms with Gasteiger partial charge in [0.1, 0.15) is 23.1 Å². The van der Waals surface area contributed by atoms with Crippen molar-refractivity contribution in [3.05, 3.63) is 69.2 Å². The second-order valence-electron chi connectivity index (χ2n) is 8.92. The molecule has 0 aromatic heterocycles. The largest absolute Gasteiger partial charge is 0.394 e. The maximum atomic E-state index is 15.5. The van der Waals surface area contributed by atoms with Gasteiger partial charge in [-0.05, 0) is 37.1 Å². The molecule has 2 amide bonds. The van der Waals surface area contributed by atoms with Crippen LogP contribution in [-0.4, -0.2) is 58.3 Å². The molecule has 0 bridgehead atoms. The lowest BCUT2D eigenvalue weighted by Gasteiger charge is -2.34. The van der Waals surface area contributed by atoms with Gasteiger partial charge in [-0.3, -0.25) is 9.59 Å². The summed E-state index contributed by atoms with van der Waals surface area (Å²) >= 11 is 12.0. The Kier molecular flexibility index (Phi) is 9.13. The fraction of sp³-hybridized carbons (Fsp3) is 0.423. The fourth-order valence-corrected chi connectivity index (χ4v) is 5.48. The first-order valence-corrected chi connectivity index (χ1v) is 12.5. The highest BCUT2D eigenvalue weighted by Gasteiger charge is 2.64. The zero-order valence-corrected chi connectivity index (χ0v) is 21.7. The third-order valence-electron chi connectivity index (χ3n) is 6.91. The van der Waals surface area contributed by atoms with Crippen molar-refractivity contribution in [3.63, 3.8) is 0 Å². The van der Waals surface area contributed by atoms with Crippen LogP contribution in [0.3, 0.4) is 0 Å². The molecule has 1 aliphatic rings. The van der Waals surface area contributed by atoms with Crippen molar-refractivity contribution in [2.75, 3.05) is 13.2 Å². The molecule has 3 N–H and O–H groups in total. The van der Waals surface area contributed by atoms with Gasteiger partial charge in [0.25, 0.3) is 0 Å². The fourth-order valence-electron chi connectivity index (χ4n) is 5.14. The minimum atomic E-state index is -1.91. The Hall–Kier alpha value is -2.77. The Labute approximate surface area is 223 Å². The molecule has 7 nitrogen and oxygen atoms in total. The molecule has 2 aromatic rings. The number of benzene rings is 2. The highest BCUT2D eigenvalue weighted by Crippen LogP contribution is 2.54. The van der Waals surface area contributed by atoms with Gasteiger partial charge in [-0.2, -0.15) is 5.26 Å². The maximum Gasteiger partial charge on any atom is 0.243 e. The Bertz CT molecular complexity index is 1220. The summed E-state index contributed by atoms with van der Waals surface area (Å²) in [7, 11) is 0. The molecule has 5 atom stereocenters. The first kappa shape index (κ1) is 28.8. The molecular weight excluding hydrogens is 527 g/mol. The van der Waals surface area contributed by atoms with Crippen LogP contribution in [0.15, 0.2) is 36.4 Å². The molecular formula is C26H27Cl2F2N3O4. The lowest BCUT2D eigenvalue weighted by molar-refractivity contribution is -0.140. The average Bonchev–Trinajstić information content (AvgIpc) is 3.13. The van der Waals surface area contributed by atoms with Gasteiger partial charge in [0, 0.05) is 29.5 Å². The van der Waals surface area contributed by atoms with Gasteiger partial charge in [-0.25, -0.2) is 8.78 Å². The number of hydrogen-bond donors (Lipinski definition) is 3. The smallest absolute Gasteiger partial charge is 0.243 e. The van der Waals surface area contributed by atoms with E-state index in [-0.39, 0.29) is 40.6 Å². The van der Waals surface area contributed by atoms with E-state index >= 15 is 8.78 Å². The van der Waals surface area contributed by atoms with Crippen LogP contribution in [0.5, 0.6) is 0 Å². The van der Waals surface area contributed by atoms with Crippen LogP contribution in [0.25, 0.3) is 0 Å². The first-order valence-electron chi connectivity index (χ1n) is 11.7. The van der Waals surface area contributed by atoms with E-state index in [4.69, 9.17) is 28.3 Å². The standard InChI is InChI=1S/C26H27Cl2F2N3O4/c1-3-21(36)33-14(2)26(13-31,18-8-7-15(27)11-20(18)29)22(17-5-4-6-19(28)23(17)30)24(33)25(37)32-10-9-16(35)12-34/h4-8,11,14,16,22,24,34-35H,3,9-10,12H2,1-2H3,(H,32,37)/t14-,16?,22-,24+,26+/m0/s1. The number of amides is 2. The Morgan fingerprint density at radius 3 is 2.57 bits per heavy atom. The van der Waals surface area contributed by atoms with Gasteiger partial charge in [-0.15, -0.1) is 0 Å². The number of rotatable bonds is 8. The van der Waals surface area contributed by atoms with Crippen LogP contribution < -0.4 is 5.32 Å². The predicted molar refractivity (Wildman–Crippen MR) is 134 cm³/mol. The molecule has 0 radical (unpaired) electrons. The number of nitrogens with zero attached hydrogens (tertiary/aromatic N) is 2. The number of hydrogen-bond acceptors (Lipinski definition) is 5. The van der Waals surface area contributed by atoms with Crippen LogP contribution in [0.1, 0.15) is 43.7 Å². The first-order chi connectivity index (χ1) is 17.5. The number of carbonyl (C=O) groups excluding carboxylic acids is 2. The van der Waals surface area contributed by atoms with Crippen molar-refractivity contribution in [2.24, 2.45) is 0 Å². The number of halogens is 4. The maximum absolute atomic E-state index is 15.5. The summed E-state index contributed by atoms with van der Waals surface area (Å²) in [5.74, 6) is -4.32. The number of nitrogens with one attached hydrogen (secondary N) is 1. The molecule has 1 unspecified atom stereocenters. The molecule has 0 aliphatic carbocycles. The van der Waals surface area contributed by atoms with Crippen molar-refractivity contribution >= 4 is 35.0 Å². The normalized spacial score (nSPS) is 24.0. The van der Waals surface area contributed by atoms with E-state index in [9.17, 15) is 20.0 Å². The third-order valence-corrected chi connectivity index (χ3v) is 7.43. The average molecular weight is 554 g/mol. The topological polar surface area (TPSA) is 114 Å². The second kappa shape index (κ2) is 11.7. The lowest BCUT2D eigenvalue weighted by Crippen LogP contribution is -2.50. The van der Waals surface area contributed by atoms with E-state index in [1.54, 1.807) is 6.92 Å². The predicted octanol–water partition coefficient (Wildman–Crippen LogP) is 3.69. The van der Waals surface area contributed by atoms with E-state index in [0.29, 0.717) is 0 Å². The monoisotopic (exact) mass is 553 g/mol. The van der Waals surface area contributed by atoms with Gasteiger partial charge in [0.15, 0.2) is 0 Å². The van der Waals surface area contributed by atoms with Crippen LogP contribution in [0.2, 0.25) is 10.0 Å². The summed E-state index contributed by atoms with van der Waals surface area (Å²) in [6.45, 7) is 2.51. The van der Waals surface area contributed by atoms with Gasteiger partial charge < -0.3 is 20.4 Å². The summed E-state index contributed by atoms with van der Waals surface area (Å²) in [6, 6.07) is 7.46. The van der Waals surface area contributed by atoms with Crippen molar-refractivity contribution in [2.45, 2.75) is 56.2 Å². The molecule has 11 heteroatoms. The van der Waals surface area contributed by atoms with Gasteiger partial charge in [0.05, 0.1) is 29.8 Å². The minimum Gasteiger partial charge on any atom is -0.394 e. The Morgan fingerprint density at radius 1 is 1.27 bits per heavy atom. The summed E-state index contributed by atoms with van der Waals surface area (Å²) in [5, 5.41) is 31.8. The van der Waals surface area contributed by atoms with Gasteiger partial charge in [0.2, 0.25) is 11.8 Å². The zero-order valence-electron chi connectivity index (χ0n) is 20.2. The van der Waals surface area contributed by atoms with E-state index in [1.807, 2.05) is 0 Å². The van der Waals surface area contributed by atoms with Crippen molar-refractivity contribution in [1.29, 1.82) is 5.26 Å². The summed E-state index contributed by atoms with van der Waals surface area (Å²) < 4.78 is 31.0. The van der Waals surface area contributed by atoms with E-state index in [1.165, 1.54) is 42.2 Å². The number of aliphatic hydroxyl groups is 2. The van der Waals surface area contributed by atoms with E-state index < -0.39 is 59.6 Å². The zero-order chi connectivity index (χ0) is 27.5. The molecule has 1 fully saturated rings. The lowest BCUT2D eigenvalue weighted by atomic mass is 9.65. The van der Waals surface area contributed by atoms with E-state index in [2.05, 4.69) is 11.4 Å². The highest BCUT2D eigenvalue weighted by atomic mass is 35.5. The SMILES string of the molecule is CCC(=O)N1[C@@H](C)[C@](C#N)(c2ccc(Cl)cc2F)[C@@H](c2cccc(Cl)c2F)[C@@H]1C(=O)NCCC(O)CO. The van der Waals surface area contributed by atoms with E-state index in [0.717, 1.165) is 6.07 Å². The number of carbonyl (C=O) groups is 2. The van der Waals surface area contributed by atoms with Crippen LogP contribution in [0, 0.1) is 23.0 Å². The molecule has 1 saturated heterocycles. The van der Waals surface area contributed by atoms with Gasteiger partial charge >= 0.3 is 0 Å². The number of nitriles is 1. The van der Waals surface area contributed by atoms with Crippen molar-refractivity contribution in [3.8, 4) is 6.07 Å². The highest BCUT2D eigenvalue weighted by molar-refractivity contribution is 6.31. The van der Waals surface area contributed by atoms with Crippen molar-refractivity contribution in [1.82, 2.24) is 10.2 Å². The summed E-state index contributed by atoms with van der Waals surface area (Å²) in [4.78, 5) is 28.0. The molecule has 1 aliphatic heterocycles. The van der Waals surface area contributed by atoms with Crippen molar-refractivity contribution < 1.29 is 28.6 Å². The molecule has 1 heterocycles. The molecule has 198 valence electrons. The molecule has 2 aromatic carbocycles. The molecule has 37 heavy (non-hydrogen) atoms.